The molecular formula is C15H15ClN2O3. The lowest BCUT2D eigenvalue weighted by molar-refractivity contribution is -0.118. The fourth-order valence-electron chi connectivity index (χ4n) is 1.75. The normalized spacial score (nSPS) is 10.2. The molecule has 0 radical (unpaired) electrons. The molecule has 0 aliphatic rings. The summed E-state index contributed by atoms with van der Waals surface area (Å²) >= 11 is 5.76. The van der Waals surface area contributed by atoms with E-state index in [1.54, 1.807) is 49.0 Å². The highest BCUT2D eigenvalue weighted by Gasteiger charge is 2.10. The van der Waals surface area contributed by atoms with Gasteiger partial charge in [0.15, 0.2) is 12.4 Å². The standard InChI is InChI=1S/C15H15ClN2O3/c1-10-15(13(19)7-8-18(10)2)21-9-14(20)17-12-5-3-11(16)4-6-12/h3-8H,9H2,1-2H3,(H,17,20). The van der Waals surface area contributed by atoms with Crippen LogP contribution in [-0.4, -0.2) is 17.1 Å². The minimum Gasteiger partial charge on any atom is -0.478 e. The first kappa shape index (κ1) is 15.1. The lowest BCUT2D eigenvalue weighted by atomic mass is 10.3. The highest BCUT2D eigenvalue weighted by atomic mass is 35.5. The van der Waals surface area contributed by atoms with Crippen molar-refractivity contribution in [3.05, 3.63) is 57.5 Å². The van der Waals surface area contributed by atoms with E-state index in [1.807, 2.05) is 0 Å². The molecule has 21 heavy (non-hydrogen) atoms. The van der Waals surface area contributed by atoms with Gasteiger partial charge in [0.2, 0.25) is 5.43 Å². The summed E-state index contributed by atoms with van der Waals surface area (Å²) in [6.07, 6.45) is 1.65. The second kappa shape index (κ2) is 6.45. The minimum absolute atomic E-state index is 0.186. The van der Waals surface area contributed by atoms with Crippen molar-refractivity contribution in [2.45, 2.75) is 6.92 Å². The number of hydrogen-bond donors (Lipinski definition) is 1. The number of halogens is 1. The van der Waals surface area contributed by atoms with Crippen LogP contribution in [0.1, 0.15) is 5.69 Å². The molecule has 0 bridgehead atoms. The SMILES string of the molecule is Cc1c(OCC(=O)Nc2ccc(Cl)cc2)c(=O)ccn1C. The van der Waals surface area contributed by atoms with Crippen molar-refractivity contribution in [3.63, 3.8) is 0 Å². The number of hydrogen-bond acceptors (Lipinski definition) is 3. The average Bonchev–Trinajstić information content (AvgIpc) is 2.45. The third-order valence-corrected chi connectivity index (χ3v) is 3.26. The van der Waals surface area contributed by atoms with Crippen molar-refractivity contribution in [3.8, 4) is 5.75 Å². The molecule has 0 aliphatic carbocycles. The Hall–Kier alpha value is -2.27. The number of nitrogens with zero attached hydrogens (tertiary/aromatic N) is 1. The Bertz CT molecular complexity index is 708. The molecule has 1 N–H and O–H groups in total. The molecule has 6 heteroatoms. The number of aromatic nitrogens is 1. The molecular weight excluding hydrogens is 292 g/mol. The molecule has 0 saturated carbocycles. The summed E-state index contributed by atoms with van der Waals surface area (Å²) in [5.74, 6) is -0.158. The average molecular weight is 307 g/mol. The van der Waals surface area contributed by atoms with Gasteiger partial charge in [0.25, 0.3) is 5.91 Å². The quantitative estimate of drug-likeness (QED) is 0.943. The molecule has 0 spiro atoms. The van der Waals surface area contributed by atoms with Gasteiger partial charge in [-0.25, -0.2) is 0 Å². The van der Waals surface area contributed by atoms with Crippen LogP contribution >= 0.6 is 11.6 Å². The van der Waals surface area contributed by atoms with Crippen molar-refractivity contribution in [1.82, 2.24) is 4.57 Å². The number of ether oxygens (including phenoxy) is 1. The molecule has 0 saturated heterocycles. The number of rotatable bonds is 4. The Morgan fingerprint density at radius 3 is 2.62 bits per heavy atom. The molecule has 0 fully saturated rings. The van der Waals surface area contributed by atoms with Crippen molar-refractivity contribution in [1.29, 1.82) is 0 Å². The first-order chi connectivity index (χ1) is 9.97. The van der Waals surface area contributed by atoms with Gasteiger partial charge in [-0.1, -0.05) is 11.6 Å². The number of nitrogens with one attached hydrogen (secondary N) is 1. The largest absolute Gasteiger partial charge is 0.478 e. The summed E-state index contributed by atoms with van der Waals surface area (Å²) < 4.78 is 7.09. The van der Waals surface area contributed by atoms with E-state index in [4.69, 9.17) is 16.3 Å². The zero-order valence-electron chi connectivity index (χ0n) is 11.7. The summed E-state index contributed by atoms with van der Waals surface area (Å²) in [6, 6.07) is 8.13. The van der Waals surface area contributed by atoms with Gasteiger partial charge in [-0.15, -0.1) is 0 Å². The monoisotopic (exact) mass is 306 g/mol. The van der Waals surface area contributed by atoms with Crippen LogP contribution in [0.4, 0.5) is 5.69 Å². The highest BCUT2D eigenvalue weighted by molar-refractivity contribution is 6.30. The molecule has 5 nitrogen and oxygen atoms in total. The second-order valence-electron chi connectivity index (χ2n) is 4.55. The second-order valence-corrected chi connectivity index (χ2v) is 4.99. The van der Waals surface area contributed by atoms with Gasteiger partial charge in [0.1, 0.15) is 0 Å². The molecule has 0 aliphatic heterocycles. The van der Waals surface area contributed by atoms with Gasteiger partial charge in [0, 0.05) is 30.0 Å². The van der Waals surface area contributed by atoms with Crippen LogP contribution in [-0.2, 0) is 11.8 Å². The Kier molecular flexibility index (Phi) is 4.65. The zero-order valence-corrected chi connectivity index (χ0v) is 12.5. The molecule has 1 heterocycles. The van der Waals surface area contributed by atoms with E-state index < -0.39 is 0 Å². The third-order valence-electron chi connectivity index (χ3n) is 3.01. The number of carbonyl (C=O) groups excluding carboxylic acids is 1. The smallest absolute Gasteiger partial charge is 0.262 e. The summed E-state index contributed by atoms with van der Waals surface area (Å²) in [6.45, 7) is 1.52. The van der Waals surface area contributed by atoms with Gasteiger partial charge in [0.05, 0.1) is 5.69 Å². The lowest BCUT2D eigenvalue weighted by Crippen LogP contribution is -2.23. The molecule has 110 valence electrons. The van der Waals surface area contributed by atoms with E-state index in [0.29, 0.717) is 16.4 Å². The Morgan fingerprint density at radius 1 is 1.29 bits per heavy atom. The predicted octanol–water partition coefficient (Wildman–Crippen LogP) is 2.36. The van der Waals surface area contributed by atoms with Gasteiger partial charge in [-0.3, -0.25) is 9.59 Å². The Labute approximate surface area is 127 Å². The molecule has 0 atom stereocenters. The topological polar surface area (TPSA) is 60.3 Å². The van der Waals surface area contributed by atoms with Crippen LogP contribution in [0.5, 0.6) is 5.75 Å². The summed E-state index contributed by atoms with van der Waals surface area (Å²) in [5, 5.41) is 3.25. The summed E-state index contributed by atoms with van der Waals surface area (Å²) in [4.78, 5) is 23.5. The van der Waals surface area contributed by atoms with Gasteiger partial charge in [-0.2, -0.15) is 0 Å². The fourth-order valence-corrected chi connectivity index (χ4v) is 1.88. The van der Waals surface area contributed by atoms with Crippen molar-refractivity contribution in [2.24, 2.45) is 7.05 Å². The van der Waals surface area contributed by atoms with Gasteiger partial charge >= 0.3 is 0 Å². The van der Waals surface area contributed by atoms with Crippen molar-refractivity contribution < 1.29 is 9.53 Å². The molecule has 1 aromatic heterocycles. The number of benzene rings is 1. The first-order valence-corrected chi connectivity index (χ1v) is 6.69. The van der Waals surface area contributed by atoms with E-state index in [1.165, 1.54) is 6.07 Å². The first-order valence-electron chi connectivity index (χ1n) is 6.32. The fraction of sp³-hybridized carbons (Fsp3) is 0.200. The molecule has 0 unspecified atom stereocenters. The Balaban J connectivity index is 2.00. The lowest BCUT2D eigenvalue weighted by Gasteiger charge is -2.11. The Morgan fingerprint density at radius 2 is 1.95 bits per heavy atom. The van der Waals surface area contributed by atoms with Gasteiger partial charge in [-0.05, 0) is 31.2 Å². The maximum Gasteiger partial charge on any atom is 0.262 e. The number of pyridine rings is 1. The van der Waals surface area contributed by atoms with E-state index in [9.17, 15) is 9.59 Å². The molecule has 1 aromatic carbocycles. The predicted molar refractivity (Wildman–Crippen MR) is 82.0 cm³/mol. The number of aryl methyl sites for hydroxylation is 1. The van der Waals surface area contributed by atoms with E-state index in [2.05, 4.69) is 5.32 Å². The maximum atomic E-state index is 11.8. The maximum absolute atomic E-state index is 11.8. The van der Waals surface area contributed by atoms with Crippen LogP contribution < -0.4 is 15.5 Å². The summed E-state index contributed by atoms with van der Waals surface area (Å²) in [5.41, 5.74) is 1.04. The van der Waals surface area contributed by atoms with Crippen molar-refractivity contribution >= 4 is 23.2 Å². The molecule has 1 amide bonds. The number of carbonyl (C=O) groups is 1. The van der Waals surface area contributed by atoms with Gasteiger partial charge < -0.3 is 14.6 Å². The van der Waals surface area contributed by atoms with Crippen LogP contribution in [0.2, 0.25) is 5.02 Å². The highest BCUT2D eigenvalue weighted by Crippen LogP contribution is 2.14. The zero-order chi connectivity index (χ0) is 15.4. The molecule has 2 rings (SSSR count). The van der Waals surface area contributed by atoms with Crippen LogP contribution in [0.3, 0.4) is 0 Å². The van der Waals surface area contributed by atoms with E-state index >= 15 is 0 Å². The molecule has 2 aromatic rings. The number of amides is 1. The van der Waals surface area contributed by atoms with E-state index in [0.717, 1.165) is 0 Å². The van der Waals surface area contributed by atoms with Crippen LogP contribution in [0, 0.1) is 6.92 Å². The minimum atomic E-state index is -0.345. The summed E-state index contributed by atoms with van der Waals surface area (Å²) in [7, 11) is 1.80. The third kappa shape index (κ3) is 3.86. The number of anilines is 1. The van der Waals surface area contributed by atoms with Crippen LogP contribution in [0.15, 0.2) is 41.3 Å². The van der Waals surface area contributed by atoms with E-state index in [-0.39, 0.29) is 23.7 Å². The van der Waals surface area contributed by atoms with Crippen LogP contribution in [0.25, 0.3) is 0 Å². The van der Waals surface area contributed by atoms with Crippen molar-refractivity contribution in [2.75, 3.05) is 11.9 Å².